The Hall–Kier alpha value is -2.94. The van der Waals surface area contributed by atoms with Crippen molar-refractivity contribution in [1.82, 2.24) is 0 Å². The molecular weight excluding hydrogens is 300 g/mol. The highest BCUT2D eigenvalue weighted by Crippen LogP contribution is 2.28. The van der Waals surface area contributed by atoms with Crippen molar-refractivity contribution in [2.45, 2.75) is 13.2 Å². The van der Waals surface area contributed by atoms with Crippen molar-refractivity contribution in [2.24, 2.45) is 0 Å². The van der Waals surface area contributed by atoms with Gasteiger partial charge in [-0.1, -0.05) is 60.7 Å². The van der Waals surface area contributed by atoms with Crippen molar-refractivity contribution in [3.63, 3.8) is 0 Å². The Morgan fingerprint density at radius 3 is 1.83 bits per heavy atom. The maximum atomic E-state index is 5.85. The van der Waals surface area contributed by atoms with Gasteiger partial charge in [-0.2, -0.15) is 0 Å². The molecule has 0 unspecified atom stereocenters. The van der Waals surface area contributed by atoms with E-state index in [2.05, 4.69) is 6.07 Å². The summed E-state index contributed by atoms with van der Waals surface area (Å²) in [4.78, 5) is 0. The Kier molecular flexibility index (Phi) is 5.36. The molecule has 0 saturated carbocycles. The van der Waals surface area contributed by atoms with Gasteiger partial charge in [0.2, 0.25) is 0 Å². The van der Waals surface area contributed by atoms with Crippen LogP contribution in [-0.2, 0) is 13.2 Å². The van der Waals surface area contributed by atoms with Crippen LogP contribution in [0.5, 0.6) is 17.2 Å². The third kappa shape index (κ3) is 4.53. The molecule has 0 heterocycles. The molecule has 3 nitrogen and oxygen atoms in total. The van der Waals surface area contributed by atoms with E-state index in [1.807, 2.05) is 66.7 Å². The fraction of sp³-hybridized carbons (Fsp3) is 0.143. The first-order valence-electron chi connectivity index (χ1n) is 7.78. The van der Waals surface area contributed by atoms with Gasteiger partial charge < -0.3 is 14.2 Å². The van der Waals surface area contributed by atoms with E-state index >= 15 is 0 Å². The normalized spacial score (nSPS) is 10.2. The van der Waals surface area contributed by atoms with Gasteiger partial charge in [0, 0.05) is 12.1 Å². The molecule has 0 N–H and O–H groups in total. The van der Waals surface area contributed by atoms with E-state index in [-0.39, 0.29) is 0 Å². The molecule has 0 aliphatic rings. The molecule has 3 aromatic rings. The standard InChI is InChI=1S/C21H19O3/c1-22-19-12-20(23-15-17-8-4-2-5-9-17)14-21(13-19)24-16-18-10-6-3-7-11-18/h2-12,14H,15-16H2,1H3. The van der Waals surface area contributed by atoms with Crippen molar-refractivity contribution >= 4 is 0 Å². The van der Waals surface area contributed by atoms with Gasteiger partial charge >= 0.3 is 0 Å². The van der Waals surface area contributed by atoms with Gasteiger partial charge in [-0.3, -0.25) is 0 Å². The van der Waals surface area contributed by atoms with Crippen LogP contribution < -0.4 is 14.2 Å². The van der Waals surface area contributed by atoms with E-state index in [9.17, 15) is 0 Å². The molecule has 0 spiro atoms. The summed E-state index contributed by atoms with van der Waals surface area (Å²) in [7, 11) is 1.60. The molecule has 0 atom stereocenters. The summed E-state index contributed by atoms with van der Waals surface area (Å²) < 4.78 is 16.9. The maximum absolute atomic E-state index is 5.85. The first kappa shape index (κ1) is 15.9. The van der Waals surface area contributed by atoms with Crippen LogP contribution in [-0.4, -0.2) is 7.11 Å². The van der Waals surface area contributed by atoms with Crippen LogP contribution in [0.1, 0.15) is 11.1 Å². The zero-order valence-corrected chi connectivity index (χ0v) is 13.6. The van der Waals surface area contributed by atoms with E-state index in [1.165, 1.54) is 0 Å². The maximum Gasteiger partial charge on any atom is 0.135 e. The van der Waals surface area contributed by atoms with Crippen LogP contribution in [0.3, 0.4) is 0 Å². The highest BCUT2D eigenvalue weighted by atomic mass is 16.5. The van der Waals surface area contributed by atoms with Crippen molar-refractivity contribution in [3.05, 3.63) is 90.0 Å². The monoisotopic (exact) mass is 319 g/mol. The van der Waals surface area contributed by atoms with Gasteiger partial charge in [0.1, 0.15) is 30.5 Å². The Bertz CT molecular complexity index is 693. The van der Waals surface area contributed by atoms with Crippen LogP contribution >= 0.6 is 0 Å². The number of hydrogen-bond acceptors (Lipinski definition) is 3. The molecule has 3 aromatic carbocycles. The molecular formula is C21H19O3. The van der Waals surface area contributed by atoms with Crippen LogP contribution in [0.15, 0.2) is 72.8 Å². The third-order valence-corrected chi connectivity index (χ3v) is 3.50. The lowest BCUT2D eigenvalue weighted by Crippen LogP contribution is -1.99. The number of methoxy groups -OCH3 is 1. The smallest absolute Gasteiger partial charge is 0.135 e. The van der Waals surface area contributed by atoms with E-state index in [0.29, 0.717) is 30.5 Å². The van der Waals surface area contributed by atoms with Crippen molar-refractivity contribution < 1.29 is 14.2 Å². The largest absolute Gasteiger partial charge is 0.496 e. The second kappa shape index (κ2) is 8.06. The second-order valence-electron chi connectivity index (χ2n) is 5.30. The fourth-order valence-electron chi connectivity index (χ4n) is 2.24. The molecule has 0 aliphatic heterocycles. The van der Waals surface area contributed by atoms with Crippen LogP contribution in [0.2, 0.25) is 0 Å². The zero-order chi connectivity index (χ0) is 16.6. The molecule has 0 bridgehead atoms. The molecule has 0 saturated heterocycles. The topological polar surface area (TPSA) is 27.7 Å². The van der Waals surface area contributed by atoms with Crippen LogP contribution in [0.4, 0.5) is 0 Å². The van der Waals surface area contributed by atoms with E-state index in [4.69, 9.17) is 14.2 Å². The van der Waals surface area contributed by atoms with E-state index in [0.717, 1.165) is 11.1 Å². The third-order valence-electron chi connectivity index (χ3n) is 3.50. The quantitative estimate of drug-likeness (QED) is 0.634. The average Bonchev–Trinajstić information content (AvgIpc) is 2.66. The molecule has 3 heteroatoms. The molecule has 3 rings (SSSR count). The van der Waals surface area contributed by atoms with Gasteiger partial charge in [0.25, 0.3) is 0 Å². The highest BCUT2D eigenvalue weighted by Gasteiger charge is 2.05. The van der Waals surface area contributed by atoms with E-state index in [1.54, 1.807) is 13.2 Å². The summed E-state index contributed by atoms with van der Waals surface area (Å²) in [5.74, 6) is 1.88. The molecule has 1 radical (unpaired) electrons. The molecule has 0 aliphatic carbocycles. The fourth-order valence-corrected chi connectivity index (χ4v) is 2.24. The molecule has 121 valence electrons. The van der Waals surface area contributed by atoms with Gasteiger partial charge in [0.15, 0.2) is 0 Å². The lowest BCUT2D eigenvalue weighted by molar-refractivity contribution is 0.285. The summed E-state index contributed by atoms with van der Waals surface area (Å²) in [6, 6.07) is 26.7. The Balaban J connectivity index is 1.68. The summed E-state index contributed by atoms with van der Waals surface area (Å²) in [5, 5.41) is 0. The Labute approximate surface area is 142 Å². The summed E-state index contributed by atoms with van der Waals surface area (Å²) in [6.07, 6.45) is 0. The molecule has 0 fully saturated rings. The lowest BCUT2D eigenvalue weighted by Gasteiger charge is -2.12. The van der Waals surface area contributed by atoms with Gasteiger partial charge in [-0.05, 0) is 11.1 Å². The minimum Gasteiger partial charge on any atom is -0.496 e. The first-order chi connectivity index (χ1) is 11.8. The van der Waals surface area contributed by atoms with Gasteiger partial charge in [0.05, 0.1) is 13.2 Å². The predicted octanol–water partition coefficient (Wildman–Crippen LogP) is 4.65. The summed E-state index contributed by atoms with van der Waals surface area (Å²) in [6.45, 7) is 0.967. The molecule has 0 amide bonds. The molecule has 24 heavy (non-hydrogen) atoms. The second-order valence-corrected chi connectivity index (χ2v) is 5.30. The van der Waals surface area contributed by atoms with Crippen molar-refractivity contribution in [1.29, 1.82) is 0 Å². The minimum atomic E-state index is 0.475. The van der Waals surface area contributed by atoms with Gasteiger partial charge in [-0.15, -0.1) is 0 Å². The highest BCUT2D eigenvalue weighted by molar-refractivity contribution is 5.41. The number of benzene rings is 3. The van der Waals surface area contributed by atoms with Crippen LogP contribution in [0, 0.1) is 6.07 Å². The Morgan fingerprint density at radius 1 is 0.708 bits per heavy atom. The zero-order valence-electron chi connectivity index (χ0n) is 13.6. The summed E-state index contributed by atoms with van der Waals surface area (Å²) >= 11 is 0. The van der Waals surface area contributed by atoms with Crippen LogP contribution in [0.25, 0.3) is 0 Å². The Morgan fingerprint density at radius 2 is 1.25 bits per heavy atom. The number of hydrogen-bond donors (Lipinski definition) is 0. The SMILES string of the molecule is COc1[c]c(OCc2ccccc2)cc(OCc2ccccc2)c1. The number of rotatable bonds is 7. The molecule has 0 aromatic heterocycles. The minimum absolute atomic E-state index is 0.475. The lowest BCUT2D eigenvalue weighted by atomic mass is 10.2. The summed E-state index contributed by atoms with van der Waals surface area (Å²) in [5.41, 5.74) is 2.21. The van der Waals surface area contributed by atoms with Crippen molar-refractivity contribution in [3.8, 4) is 17.2 Å². The van der Waals surface area contributed by atoms with E-state index < -0.39 is 0 Å². The average molecular weight is 319 g/mol. The van der Waals surface area contributed by atoms with Crippen molar-refractivity contribution in [2.75, 3.05) is 7.11 Å². The number of ether oxygens (including phenoxy) is 3. The predicted molar refractivity (Wildman–Crippen MR) is 93.4 cm³/mol. The van der Waals surface area contributed by atoms with Gasteiger partial charge in [-0.25, -0.2) is 0 Å². The first-order valence-corrected chi connectivity index (χ1v) is 7.78.